The molecule has 7 heteroatoms. The summed E-state index contributed by atoms with van der Waals surface area (Å²) in [6.45, 7) is 1.21. The fourth-order valence-electron chi connectivity index (χ4n) is 0.836. The van der Waals surface area contributed by atoms with Crippen LogP contribution < -0.4 is 10.3 Å². The van der Waals surface area contributed by atoms with E-state index in [0.29, 0.717) is 0 Å². The summed E-state index contributed by atoms with van der Waals surface area (Å²) in [6.07, 6.45) is 0. The highest BCUT2D eigenvalue weighted by atomic mass is 31.0. The van der Waals surface area contributed by atoms with Gasteiger partial charge in [0.25, 0.3) is 7.00 Å². The van der Waals surface area contributed by atoms with Gasteiger partial charge in [-0.1, -0.05) is 6.07 Å². The Morgan fingerprint density at radius 1 is 1.47 bits per heavy atom. The van der Waals surface area contributed by atoms with Crippen LogP contribution in [0.15, 0.2) is 24.3 Å². The highest BCUT2D eigenvalue weighted by Crippen LogP contribution is 2.12. The van der Waals surface area contributed by atoms with Gasteiger partial charge in [0, 0.05) is 0 Å². The number of amides is 1. The van der Waals surface area contributed by atoms with E-state index in [2.05, 4.69) is 14.6 Å². The van der Waals surface area contributed by atoms with Crippen molar-refractivity contribution in [1.82, 2.24) is 5.48 Å². The van der Waals surface area contributed by atoms with Gasteiger partial charge in [0.15, 0.2) is 5.75 Å². The molecule has 5 nitrogen and oxygen atoms in total. The molecule has 0 saturated carbocycles. The van der Waals surface area contributed by atoms with E-state index in [1.807, 2.05) is 0 Å². The van der Waals surface area contributed by atoms with Crippen LogP contribution in [0.25, 0.3) is 0 Å². The average Bonchev–Trinajstić information content (AvgIpc) is 2.26. The molecule has 77 valence electrons. The molecule has 0 spiro atoms. The zero-order valence-electron chi connectivity index (χ0n) is 7.64. The van der Waals surface area contributed by atoms with Gasteiger partial charge in [-0.2, -0.15) is 14.6 Å². The Morgan fingerprint density at radius 2 is 2.20 bits per heavy atom. The van der Waals surface area contributed by atoms with Crippen LogP contribution in [0.3, 0.4) is 0 Å². The van der Waals surface area contributed by atoms with Gasteiger partial charge in [-0.15, -0.1) is 0 Å². The second-order valence-electron chi connectivity index (χ2n) is 2.57. The predicted octanol–water partition coefficient (Wildman–Crippen LogP) is 0.883. The third-order valence-electron chi connectivity index (χ3n) is 1.50. The second kappa shape index (κ2) is 5.36. The minimum atomic E-state index is -1.05. The summed E-state index contributed by atoms with van der Waals surface area (Å²) in [5.74, 6) is -1.22. The molecule has 1 aromatic carbocycles. The lowest BCUT2D eigenvalue weighted by molar-refractivity contribution is 0.0696. The first-order chi connectivity index (χ1) is 7.13. The molecule has 0 aliphatic heterocycles. The molecule has 0 aromatic heterocycles. The molecular weight excluding hydrogens is 216 g/mol. The molecule has 2 N–H and O–H groups in total. The first-order valence-electron chi connectivity index (χ1n) is 3.98. The highest BCUT2D eigenvalue weighted by molar-refractivity contribution is 7.62. The van der Waals surface area contributed by atoms with Gasteiger partial charge in [-0.3, -0.25) is 4.79 Å². The monoisotopic (exact) mass is 224 g/mol. The molecule has 0 aliphatic carbocycles. The first kappa shape index (κ1) is 11.5. The van der Waals surface area contributed by atoms with E-state index < -0.39 is 11.8 Å². The van der Waals surface area contributed by atoms with Gasteiger partial charge in [0.2, 0.25) is 5.81 Å². The summed E-state index contributed by atoms with van der Waals surface area (Å²) in [4.78, 5) is 26.2. The van der Waals surface area contributed by atoms with Gasteiger partial charge in [-0.05, 0) is 18.2 Å². The molecule has 1 amide bonds. The molecule has 0 heterocycles. The number of benzene rings is 1. The summed E-state index contributed by atoms with van der Waals surface area (Å²) in [7, 11) is 2.12. The lowest BCUT2D eigenvalue weighted by Crippen LogP contribution is -2.27. The Balaban J connectivity index is 2.66. The van der Waals surface area contributed by atoms with Gasteiger partial charge < -0.3 is 9.94 Å². The zero-order valence-corrected chi connectivity index (χ0v) is 8.79. The van der Waals surface area contributed by atoms with E-state index in [-0.39, 0.29) is 11.3 Å². The number of carboxylic acid groups (broad SMARTS) is 1. The standard InChI is InChI=1S/C8H8BNO4P/c11-7(12)5-2-1-3-6(4-5)14-10-8(13)9-15/h1-4H,15H2,(H,10,13)(H,11,12). The summed E-state index contributed by atoms with van der Waals surface area (Å²) < 4.78 is 0. The number of carbonyl (C=O) groups excluding carboxylic acids is 1. The van der Waals surface area contributed by atoms with E-state index in [1.165, 1.54) is 31.3 Å². The summed E-state index contributed by atoms with van der Waals surface area (Å²) in [5.41, 5.74) is 2.20. The van der Waals surface area contributed by atoms with Gasteiger partial charge in [-0.25, -0.2) is 4.79 Å². The quantitative estimate of drug-likeness (QED) is 0.452. The zero-order chi connectivity index (χ0) is 11.3. The average molecular weight is 224 g/mol. The molecule has 0 bridgehead atoms. The third kappa shape index (κ3) is 3.60. The molecule has 1 radical (unpaired) electrons. The largest absolute Gasteiger partial charge is 0.478 e. The second-order valence-corrected chi connectivity index (χ2v) is 2.90. The van der Waals surface area contributed by atoms with Crippen LogP contribution in [0, 0.1) is 0 Å². The van der Waals surface area contributed by atoms with Gasteiger partial charge in [0.1, 0.15) is 0 Å². The van der Waals surface area contributed by atoms with Crippen molar-refractivity contribution in [3.63, 3.8) is 0 Å². The lowest BCUT2D eigenvalue weighted by atomic mass is 10.1. The number of hydrogen-bond acceptors (Lipinski definition) is 3. The van der Waals surface area contributed by atoms with Crippen molar-refractivity contribution in [2.75, 3.05) is 0 Å². The van der Waals surface area contributed by atoms with Crippen molar-refractivity contribution in [1.29, 1.82) is 0 Å². The Labute approximate surface area is 89.2 Å². The minimum absolute atomic E-state index is 0.0941. The fraction of sp³-hybridized carbons (Fsp3) is 0. The van der Waals surface area contributed by atoms with Crippen molar-refractivity contribution < 1.29 is 19.5 Å². The maximum absolute atomic E-state index is 10.8. The molecule has 0 fully saturated rings. The Kier molecular flexibility index (Phi) is 4.12. The van der Waals surface area contributed by atoms with Crippen molar-refractivity contribution in [2.45, 2.75) is 0 Å². The van der Waals surface area contributed by atoms with E-state index in [4.69, 9.17) is 9.94 Å². The lowest BCUT2D eigenvalue weighted by Gasteiger charge is -2.05. The van der Waals surface area contributed by atoms with Gasteiger partial charge >= 0.3 is 5.97 Å². The van der Waals surface area contributed by atoms with Gasteiger partial charge in [0.05, 0.1) is 5.56 Å². The van der Waals surface area contributed by atoms with Crippen LogP contribution in [0.1, 0.15) is 10.4 Å². The molecule has 1 unspecified atom stereocenters. The molecule has 1 rings (SSSR count). The smallest absolute Gasteiger partial charge is 0.335 e. The van der Waals surface area contributed by atoms with E-state index in [9.17, 15) is 9.59 Å². The first-order valence-corrected chi connectivity index (χ1v) is 4.65. The number of carboxylic acids is 1. The number of hydrogen-bond donors (Lipinski definition) is 2. The van der Waals surface area contributed by atoms with Crippen LogP contribution in [0.2, 0.25) is 0 Å². The number of aromatic carboxylic acids is 1. The van der Waals surface area contributed by atoms with Crippen LogP contribution in [-0.4, -0.2) is 23.9 Å². The molecule has 1 atom stereocenters. The molecular formula is C8H8BNO4P. The number of nitrogens with one attached hydrogen (secondary N) is 1. The molecule has 0 aliphatic rings. The molecule has 15 heavy (non-hydrogen) atoms. The van der Waals surface area contributed by atoms with Crippen LogP contribution in [0.5, 0.6) is 5.75 Å². The van der Waals surface area contributed by atoms with E-state index in [1.54, 1.807) is 0 Å². The molecule has 1 aromatic rings. The Morgan fingerprint density at radius 3 is 2.80 bits per heavy atom. The predicted molar refractivity (Wildman–Crippen MR) is 58.0 cm³/mol. The van der Waals surface area contributed by atoms with Crippen molar-refractivity contribution in [2.24, 2.45) is 0 Å². The Hall–Kier alpha value is -1.55. The van der Waals surface area contributed by atoms with Crippen molar-refractivity contribution in [3.8, 4) is 5.75 Å². The SMILES string of the molecule is O=C([B]P)NOc1cccc(C(=O)O)c1. The van der Waals surface area contributed by atoms with Crippen molar-refractivity contribution in [3.05, 3.63) is 29.8 Å². The maximum Gasteiger partial charge on any atom is 0.335 e. The number of hydroxylamine groups is 1. The van der Waals surface area contributed by atoms with Crippen LogP contribution >= 0.6 is 9.12 Å². The fourth-order valence-corrected chi connectivity index (χ4v) is 0.904. The normalized spacial score (nSPS) is 9.13. The summed E-state index contributed by atoms with van der Waals surface area (Å²) in [6, 6.07) is 5.80. The number of carbonyl (C=O) groups is 2. The number of rotatable bonds is 4. The third-order valence-corrected chi connectivity index (χ3v) is 1.80. The van der Waals surface area contributed by atoms with E-state index in [0.717, 1.165) is 0 Å². The maximum atomic E-state index is 10.8. The summed E-state index contributed by atoms with van der Waals surface area (Å²) in [5, 5.41) is 8.68. The minimum Gasteiger partial charge on any atom is -0.478 e. The molecule has 0 saturated heterocycles. The highest BCUT2D eigenvalue weighted by Gasteiger charge is 2.05. The Bertz CT molecular complexity index is 385. The topological polar surface area (TPSA) is 75.6 Å². The van der Waals surface area contributed by atoms with Crippen LogP contribution in [0.4, 0.5) is 4.79 Å². The summed E-state index contributed by atoms with van der Waals surface area (Å²) >= 11 is 0. The van der Waals surface area contributed by atoms with Crippen LogP contribution in [-0.2, 0) is 0 Å². The van der Waals surface area contributed by atoms with Crippen molar-refractivity contribution >= 4 is 27.9 Å². The van der Waals surface area contributed by atoms with E-state index >= 15 is 0 Å².